The second-order valence-electron chi connectivity index (χ2n) is 5.15. The summed E-state index contributed by atoms with van der Waals surface area (Å²) in [5.74, 6) is -1.39. The molecular weight excluding hydrogens is 242 g/mol. The fourth-order valence-corrected chi connectivity index (χ4v) is 2.46. The van der Waals surface area contributed by atoms with Gasteiger partial charge in [0.15, 0.2) is 0 Å². The number of carbonyl (C=O) groups is 2. The predicted molar refractivity (Wildman–Crippen MR) is 71.8 cm³/mol. The minimum absolute atomic E-state index is 0.0358. The zero-order valence-corrected chi connectivity index (χ0v) is 11.1. The Morgan fingerprint density at radius 2 is 2.26 bits per heavy atom. The Morgan fingerprint density at radius 3 is 2.89 bits per heavy atom. The lowest BCUT2D eigenvalue weighted by atomic mass is 9.96. The lowest BCUT2D eigenvalue weighted by Gasteiger charge is -2.30. The zero-order chi connectivity index (χ0) is 13.8. The number of piperidine rings is 1. The number of nitrogens with zero attached hydrogens (tertiary/aromatic N) is 1. The molecule has 1 aliphatic heterocycles. The number of likely N-dealkylation sites (tertiary alicyclic amines) is 1. The number of aryl methyl sites for hydroxylation is 1. The molecule has 4 heteroatoms. The molecule has 1 unspecified atom stereocenters. The summed E-state index contributed by atoms with van der Waals surface area (Å²) in [6.07, 6.45) is 1.53. The summed E-state index contributed by atoms with van der Waals surface area (Å²) in [4.78, 5) is 24.5. The first-order chi connectivity index (χ1) is 9.06. The molecule has 1 N–H and O–H groups in total. The molecule has 0 bridgehead atoms. The molecule has 4 nitrogen and oxygen atoms in total. The van der Waals surface area contributed by atoms with E-state index in [0.29, 0.717) is 19.5 Å². The van der Waals surface area contributed by atoms with Crippen LogP contribution in [0, 0.1) is 12.8 Å². The van der Waals surface area contributed by atoms with E-state index in [4.69, 9.17) is 5.11 Å². The molecule has 102 valence electrons. The topological polar surface area (TPSA) is 57.6 Å². The van der Waals surface area contributed by atoms with Gasteiger partial charge in [-0.1, -0.05) is 29.8 Å². The van der Waals surface area contributed by atoms with Crippen LogP contribution in [0.4, 0.5) is 0 Å². The molecule has 1 heterocycles. The molecule has 1 aromatic carbocycles. The zero-order valence-electron chi connectivity index (χ0n) is 11.1. The van der Waals surface area contributed by atoms with Crippen LogP contribution in [0.5, 0.6) is 0 Å². The minimum Gasteiger partial charge on any atom is -0.481 e. The van der Waals surface area contributed by atoms with Gasteiger partial charge in [-0.25, -0.2) is 0 Å². The van der Waals surface area contributed by atoms with E-state index in [9.17, 15) is 9.59 Å². The van der Waals surface area contributed by atoms with E-state index in [1.54, 1.807) is 4.90 Å². The normalized spacial score (nSPS) is 19.5. The van der Waals surface area contributed by atoms with Crippen molar-refractivity contribution in [3.05, 3.63) is 35.4 Å². The average Bonchev–Trinajstić information content (AvgIpc) is 2.37. The lowest BCUT2D eigenvalue weighted by Crippen LogP contribution is -2.41. The van der Waals surface area contributed by atoms with Crippen molar-refractivity contribution < 1.29 is 14.7 Å². The summed E-state index contributed by atoms with van der Waals surface area (Å²) in [7, 11) is 0. The highest BCUT2D eigenvalue weighted by molar-refractivity contribution is 5.83. The maximum atomic E-state index is 11.9. The third-order valence-corrected chi connectivity index (χ3v) is 3.62. The van der Waals surface area contributed by atoms with Gasteiger partial charge in [-0.15, -0.1) is 0 Å². The van der Waals surface area contributed by atoms with Gasteiger partial charge in [-0.2, -0.15) is 0 Å². The van der Waals surface area contributed by atoms with Crippen molar-refractivity contribution in [1.29, 1.82) is 0 Å². The summed E-state index contributed by atoms with van der Waals surface area (Å²) in [5, 5.41) is 8.91. The highest BCUT2D eigenvalue weighted by Crippen LogP contribution is 2.19. The van der Waals surface area contributed by atoms with Gasteiger partial charge in [0.05, 0.1) is 5.92 Å². The van der Waals surface area contributed by atoms with Crippen LogP contribution in [0.3, 0.4) is 0 Å². The first kappa shape index (κ1) is 13.6. The summed E-state index contributed by atoms with van der Waals surface area (Å²) >= 11 is 0. The smallest absolute Gasteiger partial charge is 0.307 e. The minimum atomic E-state index is -0.855. The number of hydrogen-bond donors (Lipinski definition) is 1. The molecule has 0 aliphatic carbocycles. The Balaban J connectivity index is 1.87. The molecule has 0 aromatic heterocycles. The van der Waals surface area contributed by atoms with Gasteiger partial charge in [-0.3, -0.25) is 9.59 Å². The third-order valence-electron chi connectivity index (χ3n) is 3.62. The number of benzene rings is 1. The van der Waals surface area contributed by atoms with E-state index in [-0.39, 0.29) is 12.3 Å². The number of hydrogen-bond acceptors (Lipinski definition) is 2. The van der Waals surface area contributed by atoms with Gasteiger partial charge in [0.2, 0.25) is 5.91 Å². The molecule has 1 amide bonds. The molecule has 0 saturated carbocycles. The molecule has 2 rings (SSSR count). The second kappa shape index (κ2) is 5.87. The fraction of sp³-hybridized carbons (Fsp3) is 0.467. The van der Waals surface area contributed by atoms with Crippen LogP contribution in [0.25, 0.3) is 0 Å². The standard InChI is InChI=1S/C15H19NO3/c1-11-3-2-4-12(9-11)5-7-16-8-6-13(15(18)19)10-14(16)17/h2-4,9,13H,5-8,10H2,1H3,(H,18,19). The largest absolute Gasteiger partial charge is 0.481 e. The van der Waals surface area contributed by atoms with Crippen LogP contribution in [0.2, 0.25) is 0 Å². The molecular formula is C15H19NO3. The molecule has 1 saturated heterocycles. The Labute approximate surface area is 113 Å². The summed E-state index contributed by atoms with van der Waals surface area (Å²) in [6, 6.07) is 8.24. The van der Waals surface area contributed by atoms with E-state index in [0.717, 1.165) is 6.42 Å². The summed E-state index contributed by atoms with van der Waals surface area (Å²) in [6.45, 7) is 3.28. The van der Waals surface area contributed by atoms with E-state index in [2.05, 4.69) is 12.1 Å². The van der Waals surface area contributed by atoms with E-state index in [1.165, 1.54) is 11.1 Å². The molecule has 1 aliphatic rings. The van der Waals surface area contributed by atoms with Crippen LogP contribution in [0.15, 0.2) is 24.3 Å². The molecule has 1 fully saturated rings. The number of rotatable bonds is 4. The van der Waals surface area contributed by atoms with E-state index in [1.807, 2.05) is 19.1 Å². The van der Waals surface area contributed by atoms with Crippen molar-refractivity contribution in [3.8, 4) is 0 Å². The monoisotopic (exact) mass is 261 g/mol. The highest BCUT2D eigenvalue weighted by Gasteiger charge is 2.29. The van der Waals surface area contributed by atoms with Crippen LogP contribution in [0.1, 0.15) is 24.0 Å². The molecule has 19 heavy (non-hydrogen) atoms. The Hall–Kier alpha value is -1.84. The lowest BCUT2D eigenvalue weighted by molar-refractivity contribution is -0.149. The van der Waals surface area contributed by atoms with Crippen LogP contribution >= 0.6 is 0 Å². The predicted octanol–water partition coefficient (Wildman–Crippen LogP) is 1.86. The van der Waals surface area contributed by atoms with Gasteiger partial charge < -0.3 is 10.0 Å². The maximum absolute atomic E-state index is 11.9. The molecule has 1 atom stereocenters. The SMILES string of the molecule is Cc1cccc(CCN2CCC(C(=O)O)CC2=O)c1. The van der Waals surface area contributed by atoms with Crippen molar-refractivity contribution in [1.82, 2.24) is 4.90 Å². The van der Waals surface area contributed by atoms with Crippen molar-refractivity contribution >= 4 is 11.9 Å². The van der Waals surface area contributed by atoms with Crippen molar-refractivity contribution in [2.75, 3.05) is 13.1 Å². The first-order valence-corrected chi connectivity index (χ1v) is 6.62. The number of carboxylic acids is 1. The van der Waals surface area contributed by atoms with Crippen molar-refractivity contribution in [3.63, 3.8) is 0 Å². The Bertz CT molecular complexity index is 484. The Morgan fingerprint density at radius 1 is 1.47 bits per heavy atom. The van der Waals surface area contributed by atoms with Crippen LogP contribution in [-0.4, -0.2) is 35.0 Å². The fourth-order valence-electron chi connectivity index (χ4n) is 2.46. The molecule has 0 spiro atoms. The number of aliphatic carboxylic acids is 1. The number of carboxylic acid groups (broad SMARTS) is 1. The highest BCUT2D eigenvalue weighted by atomic mass is 16.4. The van der Waals surface area contributed by atoms with E-state index >= 15 is 0 Å². The third kappa shape index (κ3) is 3.56. The van der Waals surface area contributed by atoms with Gasteiger partial charge >= 0.3 is 5.97 Å². The Kier molecular flexibility index (Phi) is 4.20. The van der Waals surface area contributed by atoms with Gasteiger partial charge in [0.25, 0.3) is 0 Å². The number of amides is 1. The first-order valence-electron chi connectivity index (χ1n) is 6.62. The maximum Gasteiger partial charge on any atom is 0.307 e. The van der Waals surface area contributed by atoms with Gasteiger partial charge in [0, 0.05) is 19.5 Å². The average molecular weight is 261 g/mol. The summed E-state index contributed by atoms with van der Waals surface area (Å²) < 4.78 is 0. The number of carbonyl (C=O) groups excluding carboxylic acids is 1. The van der Waals surface area contributed by atoms with Crippen LogP contribution in [-0.2, 0) is 16.0 Å². The van der Waals surface area contributed by atoms with Gasteiger partial charge in [-0.05, 0) is 25.3 Å². The van der Waals surface area contributed by atoms with Crippen molar-refractivity contribution in [2.24, 2.45) is 5.92 Å². The van der Waals surface area contributed by atoms with Gasteiger partial charge in [0.1, 0.15) is 0 Å². The quantitative estimate of drug-likeness (QED) is 0.900. The second-order valence-corrected chi connectivity index (χ2v) is 5.15. The van der Waals surface area contributed by atoms with Crippen molar-refractivity contribution in [2.45, 2.75) is 26.2 Å². The van der Waals surface area contributed by atoms with E-state index < -0.39 is 11.9 Å². The summed E-state index contributed by atoms with van der Waals surface area (Å²) in [5.41, 5.74) is 2.43. The molecule has 0 radical (unpaired) electrons. The van der Waals surface area contributed by atoms with Crippen LogP contribution < -0.4 is 0 Å². The molecule has 1 aromatic rings.